The third-order valence-electron chi connectivity index (χ3n) is 7.95. The fourth-order valence-electron chi connectivity index (χ4n) is 5.55. The van der Waals surface area contributed by atoms with Gasteiger partial charge in [0.2, 0.25) is 5.91 Å². The van der Waals surface area contributed by atoms with Gasteiger partial charge in [0.25, 0.3) is 0 Å². The first-order valence-corrected chi connectivity index (χ1v) is 13.9. The third-order valence-corrected chi connectivity index (χ3v) is 8.27. The van der Waals surface area contributed by atoms with Crippen molar-refractivity contribution in [1.82, 2.24) is 10.3 Å². The number of carbonyl (C=O) groups is 1. The van der Waals surface area contributed by atoms with Gasteiger partial charge in [-0.25, -0.2) is 0 Å². The molecule has 0 spiro atoms. The predicted molar refractivity (Wildman–Crippen MR) is 165 cm³/mol. The second-order valence-corrected chi connectivity index (χ2v) is 11.8. The standard InChI is InChI=1S/C32H37N5OS/c1-19(2)30(38)34-25-13-12-23(16-20(25)3)37-29(28(35-31(37)39)26-10-8-9-15-33-26)22-11-14-27-24(17-22)21(4)18-32(5,6)36(27)7/h8-19,28-29H,1-7H3,(H,34,38)(H,35,39). The minimum absolute atomic E-state index is 0.00271. The topological polar surface area (TPSA) is 60.5 Å². The molecular weight excluding hydrogens is 502 g/mol. The van der Waals surface area contributed by atoms with E-state index in [4.69, 9.17) is 17.2 Å². The van der Waals surface area contributed by atoms with E-state index in [0.717, 1.165) is 28.2 Å². The summed E-state index contributed by atoms with van der Waals surface area (Å²) >= 11 is 5.95. The summed E-state index contributed by atoms with van der Waals surface area (Å²) in [5.41, 5.74) is 8.53. The summed E-state index contributed by atoms with van der Waals surface area (Å²) in [4.78, 5) is 21.6. The minimum atomic E-state index is -0.126. The maximum Gasteiger partial charge on any atom is 0.226 e. The zero-order valence-electron chi connectivity index (χ0n) is 23.7. The number of fused-ring (bicyclic) bond motifs is 1. The van der Waals surface area contributed by atoms with E-state index in [-0.39, 0.29) is 29.4 Å². The summed E-state index contributed by atoms with van der Waals surface area (Å²) in [6, 6.07) is 18.6. The van der Waals surface area contributed by atoms with Gasteiger partial charge >= 0.3 is 0 Å². The van der Waals surface area contributed by atoms with E-state index in [1.807, 2.05) is 57.3 Å². The molecule has 202 valence electrons. The number of likely N-dealkylation sites (N-methyl/N-ethyl adjacent to an activating group) is 1. The molecule has 1 amide bonds. The molecule has 1 fully saturated rings. The maximum absolute atomic E-state index is 12.3. The Morgan fingerprint density at radius 1 is 1.10 bits per heavy atom. The van der Waals surface area contributed by atoms with Crippen LogP contribution in [0.15, 0.2) is 66.9 Å². The van der Waals surface area contributed by atoms with Gasteiger partial charge in [0.05, 0.1) is 23.3 Å². The number of pyridine rings is 1. The summed E-state index contributed by atoms with van der Waals surface area (Å²) < 4.78 is 0. The van der Waals surface area contributed by atoms with Crippen LogP contribution < -0.4 is 20.4 Å². The highest BCUT2D eigenvalue weighted by atomic mass is 32.1. The lowest BCUT2D eigenvalue weighted by molar-refractivity contribution is -0.118. The number of hydrogen-bond donors (Lipinski definition) is 2. The van der Waals surface area contributed by atoms with Crippen molar-refractivity contribution < 1.29 is 4.79 Å². The lowest BCUT2D eigenvalue weighted by Gasteiger charge is -2.41. The van der Waals surface area contributed by atoms with Gasteiger partial charge in [-0.1, -0.05) is 32.1 Å². The predicted octanol–water partition coefficient (Wildman–Crippen LogP) is 6.79. The Kier molecular flexibility index (Phi) is 6.97. The molecule has 0 aliphatic carbocycles. The van der Waals surface area contributed by atoms with Crippen molar-refractivity contribution in [2.24, 2.45) is 5.92 Å². The summed E-state index contributed by atoms with van der Waals surface area (Å²) in [5, 5.41) is 7.25. The van der Waals surface area contributed by atoms with Gasteiger partial charge in [-0.3, -0.25) is 9.78 Å². The molecule has 0 saturated carbocycles. The van der Waals surface area contributed by atoms with Gasteiger partial charge in [0, 0.05) is 41.8 Å². The highest BCUT2D eigenvalue weighted by molar-refractivity contribution is 7.80. The fourth-order valence-corrected chi connectivity index (χ4v) is 5.89. The normalized spacial score (nSPS) is 20.0. The highest BCUT2D eigenvalue weighted by Gasteiger charge is 2.41. The maximum atomic E-state index is 12.3. The Bertz CT molecular complexity index is 1460. The lowest BCUT2D eigenvalue weighted by Crippen LogP contribution is -2.42. The SMILES string of the molecule is CC1=CC(C)(C)N(C)c2ccc(C3C(c4ccccn4)NC(=S)N3c3ccc(NC(=O)C(C)C)c(C)c3)cc21. The lowest BCUT2D eigenvalue weighted by atomic mass is 9.86. The van der Waals surface area contributed by atoms with Crippen LogP contribution >= 0.6 is 12.2 Å². The summed E-state index contributed by atoms with van der Waals surface area (Å²) in [6.45, 7) is 12.5. The highest BCUT2D eigenvalue weighted by Crippen LogP contribution is 2.45. The zero-order valence-corrected chi connectivity index (χ0v) is 24.6. The molecule has 2 aromatic carbocycles. The zero-order chi connectivity index (χ0) is 28.1. The van der Waals surface area contributed by atoms with Crippen LogP contribution in [0.4, 0.5) is 17.1 Å². The monoisotopic (exact) mass is 539 g/mol. The number of benzene rings is 2. The van der Waals surface area contributed by atoms with E-state index in [1.54, 1.807) is 0 Å². The largest absolute Gasteiger partial charge is 0.366 e. The first-order chi connectivity index (χ1) is 18.5. The number of nitrogens with zero attached hydrogens (tertiary/aromatic N) is 3. The molecule has 6 nitrogen and oxygen atoms in total. The van der Waals surface area contributed by atoms with E-state index in [2.05, 4.69) is 78.6 Å². The minimum Gasteiger partial charge on any atom is -0.366 e. The molecule has 2 unspecified atom stereocenters. The number of anilines is 3. The molecular formula is C32H37N5OS. The van der Waals surface area contributed by atoms with Crippen molar-refractivity contribution in [3.63, 3.8) is 0 Å². The first kappa shape index (κ1) is 26.9. The van der Waals surface area contributed by atoms with E-state index in [1.165, 1.54) is 16.8 Å². The first-order valence-electron chi connectivity index (χ1n) is 13.5. The van der Waals surface area contributed by atoms with Crippen LogP contribution in [0.1, 0.15) is 69.1 Å². The van der Waals surface area contributed by atoms with Crippen LogP contribution in [-0.2, 0) is 4.79 Å². The summed E-state index contributed by atoms with van der Waals surface area (Å²) in [5.74, 6) is -0.0861. The smallest absolute Gasteiger partial charge is 0.226 e. The van der Waals surface area contributed by atoms with Gasteiger partial charge in [-0.05, 0) is 99.1 Å². The van der Waals surface area contributed by atoms with Crippen molar-refractivity contribution >= 4 is 45.9 Å². The van der Waals surface area contributed by atoms with E-state index in [9.17, 15) is 4.79 Å². The second-order valence-electron chi connectivity index (χ2n) is 11.5. The Labute approximate surface area is 237 Å². The van der Waals surface area contributed by atoms with Gasteiger partial charge < -0.3 is 20.4 Å². The number of rotatable bonds is 5. The molecule has 1 aromatic heterocycles. The molecule has 2 N–H and O–H groups in total. The van der Waals surface area contributed by atoms with E-state index >= 15 is 0 Å². The second kappa shape index (κ2) is 10.1. The molecule has 2 atom stereocenters. The van der Waals surface area contributed by atoms with E-state index < -0.39 is 0 Å². The van der Waals surface area contributed by atoms with Crippen LogP contribution in [0.2, 0.25) is 0 Å². The Balaban J connectivity index is 1.60. The van der Waals surface area contributed by atoms with Crippen LogP contribution in [0.25, 0.3) is 5.57 Å². The van der Waals surface area contributed by atoms with Crippen molar-refractivity contribution in [2.45, 2.75) is 59.2 Å². The van der Waals surface area contributed by atoms with Crippen LogP contribution in [0.5, 0.6) is 0 Å². The van der Waals surface area contributed by atoms with Crippen molar-refractivity contribution in [3.8, 4) is 0 Å². The molecule has 2 aliphatic rings. The van der Waals surface area contributed by atoms with Crippen molar-refractivity contribution in [2.75, 3.05) is 22.2 Å². The van der Waals surface area contributed by atoms with Gasteiger partial charge in [-0.15, -0.1) is 0 Å². The molecule has 5 rings (SSSR count). The number of carbonyl (C=O) groups excluding carboxylic acids is 1. The number of nitrogens with one attached hydrogen (secondary N) is 2. The number of amides is 1. The Morgan fingerprint density at radius 3 is 2.54 bits per heavy atom. The molecule has 0 radical (unpaired) electrons. The quantitative estimate of drug-likeness (QED) is 0.348. The van der Waals surface area contributed by atoms with Gasteiger partial charge in [0.1, 0.15) is 0 Å². The molecule has 0 bridgehead atoms. The molecule has 39 heavy (non-hydrogen) atoms. The number of aryl methyl sites for hydroxylation is 1. The van der Waals surface area contributed by atoms with E-state index in [0.29, 0.717) is 5.11 Å². The molecule has 2 aliphatic heterocycles. The van der Waals surface area contributed by atoms with Gasteiger partial charge in [0.15, 0.2) is 5.11 Å². The number of aromatic nitrogens is 1. The Morgan fingerprint density at radius 2 is 1.87 bits per heavy atom. The van der Waals surface area contributed by atoms with Crippen molar-refractivity contribution in [1.29, 1.82) is 0 Å². The summed E-state index contributed by atoms with van der Waals surface area (Å²) in [6.07, 6.45) is 4.16. The van der Waals surface area contributed by atoms with Crippen LogP contribution in [0.3, 0.4) is 0 Å². The number of allylic oxidation sites excluding steroid dienone is 1. The molecule has 1 saturated heterocycles. The fraction of sp³-hybridized carbons (Fsp3) is 0.344. The molecule has 7 heteroatoms. The number of hydrogen-bond acceptors (Lipinski definition) is 4. The summed E-state index contributed by atoms with van der Waals surface area (Å²) in [7, 11) is 2.15. The molecule has 3 heterocycles. The van der Waals surface area contributed by atoms with Gasteiger partial charge in [-0.2, -0.15) is 0 Å². The average Bonchev–Trinajstić information content (AvgIpc) is 3.25. The molecule has 3 aromatic rings. The average molecular weight is 540 g/mol. The Hall–Kier alpha value is -3.71. The number of thiocarbonyl (C=S) groups is 1. The van der Waals surface area contributed by atoms with Crippen molar-refractivity contribution in [3.05, 3.63) is 89.3 Å². The third kappa shape index (κ3) is 4.91. The van der Waals surface area contributed by atoms with Crippen LogP contribution in [-0.4, -0.2) is 28.6 Å². The van der Waals surface area contributed by atoms with Crippen LogP contribution in [0, 0.1) is 12.8 Å².